The Balaban J connectivity index is 1.89. The van der Waals surface area contributed by atoms with Gasteiger partial charge in [0.05, 0.1) is 0 Å². The molecular weight excluding hydrogens is 375 g/mol. The van der Waals surface area contributed by atoms with Crippen LogP contribution in [0.15, 0.2) is 60.7 Å². The minimum atomic E-state index is -0.278. The molecule has 0 aliphatic heterocycles. The minimum absolute atomic E-state index is 0.123. The van der Waals surface area contributed by atoms with E-state index in [0.29, 0.717) is 12.2 Å². The van der Waals surface area contributed by atoms with Crippen molar-refractivity contribution < 1.29 is 9.53 Å². The second-order valence-electron chi connectivity index (χ2n) is 4.94. The summed E-state index contributed by atoms with van der Waals surface area (Å²) in [5, 5.41) is 3.05. The van der Waals surface area contributed by atoms with Gasteiger partial charge in [-0.3, -0.25) is 0 Å². The zero-order chi connectivity index (χ0) is 16.2. The zero-order valence-corrected chi connectivity index (χ0v) is 15.1. The van der Waals surface area contributed by atoms with Crippen molar-refractivity contribution in [3.8, 4) is 0 Å². The fraction of sp³-hybridized carbons (Fsp3) is 0.105. The Hall–Kier alpha value is -1.80. The summed E-state index contributed by atoms with van der Waals surface area (Å²) in [4.78, 5) is 11.7. The Kier molecular flexibility index (Phi) is 5.02. The van der Waals surface area contributed by atoms with Gasteiger partial charge in [-0.1, -0.05) is 0 Å². The van der Waals surface area contributed by atoms with Crippen LogP contribution in [0.25, 0.3) is 10.8 Å². The van der Waals surface area contributed by atoms with Crippen molar-refractivity contribution in [2.24, 2.45) is 0 Å². The van der Waals surface area contributed by atoms with Gasteiger partial charge in [-0.15, -0.1) is 0 Å². The van der Waals surface area contributed by atoms with Gasteiger partial charge < -0.3 is 0 Å². The first-order valence-electron chi connectivity index (χ1n) is 7.31. The quantitative estimate of drug-likeness (QED) is 0.505. The van der Waals surface area contributed by atoms with E-state index < -0.39 is 0 Å². The normalized spacial score (nSPS) is 10.7. The van der Waals surface area contributed by atoms with Gasteiger partial charge in [0, 0.05) is 0 Å². The molecule has 4 heteroatoms. The van der Waals surface area contributed by atoms with Crippen LogP contribution >= 0.6 is 11.6 Å². The fourth-order valence-corrected chi connectivity index (χ4v) is 4.86. The van der Waals surface area contributed by atoms with Crippen molar-refractivity contribution in [3.63, 3.8) is 0 Å². The van der Waals surface area contributed by atoms with Crippen LogP contribution in [0, 0.1) is 0 Å². The Morgan fingerprint density at radius 3 is 2.43 bits per heavy atom. The Bertz CT molecular complexity index is 838. The molecule has 3 aromatic rings. The molecule has 0 N–H and O–H groups in total. The van der Waals surface area contributed by atoms with Crippen molar-refractivity contribution in [3.05, 3.63) is 71.2 Å². The van der Waals surface area contributed by atoms with E-state index in [4.69, 9.17) is 16.3 Å². The Morgan fingerprint density at radius 1 is 1.04 bits per heavy atom. The number of carbonyl (C=O) groups excluding carboxylic acids is 1. The van der Waals surface area contributed by atoms with Crippen LogP contribution in [0.1, 0.15) is 17.3 Å². The van der Waals surface area contributed by atoms with Crippen molar-refractivity contribution >= 4 is 52.2 Å². The molecular formula is C19H15ClO2Se. The van der Waals surface area contributed by atoms with Crippen LogP contribution in [0.2, 0.25) is 5.02 Å². The van der Waals surface area contributed by atoms with E-state index in [1.165, 1.54) is 8.92 Å². The molecule has 0 aliphatic carbocycles. The van der Waals surface area contributed by atoms with Crippen LogP contribution < -0.4 is 8.92 Å². The number of carbonyl (C=O) groups is 1. The molecule has 0 amide bonds. The first-order valence-corrected chi connectivity index (χ1v) is 9.40. The summed E-state index contributed by atoms with van der Waals surface area (Å²) < 4.78 is 7.44. The van der Waals surface area contributed by atoms with E-state index in [2.05, 4.69) is 24.3 Å². The average Bonchev–Trinajstić information content (AvgIpc) is 2.56. The molecule has 3 rings (SSSR count). The fourth-order valence-electron chi connectivity index (χ4n) is 2.35. The molecule has 0 bridgehead atoms. The first kappa shape index (κ1) is 16.1. The molecule has 0 spiro atoms. The predicted octanol–water partition coefficient (Wildman–Crippen LogP) is 3.32. The number of hydrogen-bond acceptors (Lipinski definition) is 2. The molecule has 116 valence electrons. The number of rotatable bonds is 4. The van der Waals surface area contributed by atoms with Gasteiger partial charge in [-0.25, -0.2) is 0 Å². The third kappa shape index (κ3) is 3.59. The second kappa shape index (κ2) is 7.18. The number of halogens is 1. The van der Waals surface area contributed by atoms with Crippen LogP contribution in [-0.4, -0.2) is 27.5 Å². The van der Waals surface area contributed by atoms with E-state index in [-0.39, 0.29) is 20.9 Å². The third-order valence-corrected chi connectivity index (χ3v) is 5.96. The summed E-state index contributed by atoms with van der Waals surface area (Å²) in [6.07, 6.45) is 0. The third-order valence-electron chi connectivity index (χ3n) is 3.41. The molecule has 0 aliphatic rings. The molecule has 0 radical (unpaired) electrons. The van der Waals surface area contributed by atoms with Crippen LogP contribution in [-0.2, 0) is 4.74 Å². The maximum absolute atomic E-state index is 11.7. The summed E-state index contributed by atoms with van der Waals surface area (Å²) in [6.45, 7) is 2.19. The molecule has 3 aromatic carbocycles. The molecule has 0 heterocycles. The monoisotopic (exact) mass is 390 g/mol. The van der Waals surface area contributed by atoms with E-state index in [1.54, 1.807) is 6.92 Å². The number of esters is 1. The topological polar surface area (TPSA) is 26.3 Å². The van der Waals surface area contributed by atoms with Gasteiger partial charge in [0.15, 0.2) is 0 Å². The maximum atomic E-state index is 11.7. The van der Waals surface area contributed by atoms with Gasteiger partial charge in [0.2, 0.25) is 0 Å². The summed E-state index contributed by atoms with van der Waals surface area (Å²) >= 11 is 6.50. The van der Waals surface area contributed by atoms with Crippen LogP contribution in [0.4, 0.5) is 0 Å². The number of ether oxygens (including phenoxy) is 1. The summed E-state index contributed by atoms with van der Waals surface area (Å²) in [6, 6.07) is 19.8. The Morgan fingerprint density at radius 2 is 1.74 bits per heavy atom. The molecule has 2 nitrogen and oxygen atoms in total. The van der Waals surface area contributed by atoms with Crippen molar-refractivity contribution in [2.45, 2.75) is 6.92 Å². The SMILES string of the molecule is CCOC(=O)c1ccc([Se]c2cccc3cccc(Cl)c23)cc1. The van der Waals surface area contributed by atoms with E-state index >= 15 is 0 Å². The molecule has 23 heavy (non-hydrogen) atoms. The second-order valence-corrected chi connectivity index (χ2v) is 7.69. The standard InChI is InChI=1S/C19H15ClO2Se/c1-2-22-19(21)14-9-11-15(12-10-14)23-17-8-4-6-13-5-3-7-16(20)18(13)17/h3-12H,2H2,1H3. The van der Waals surface area contributed by atoms with E-state index in [1.807, 2.05) is 36.4 Å². The summed E-state index contributed by atoms with van der Waals surface area (Å²) in [7, 11) is 0. The molecule has 0 fully saturated rings. The summed E-state index contributed by atoms with van der Waals surface area (Å²) in [5.74, 6) is -0.278. The Labute approximate surface area is 146 Å². The average molecular weight is 390 g/mol. The van der Waals surface area contributed by atoms with E-state index in [0.717, 1.165) is 15.8 Å². The van der Waals surface area contributed by atoms with Crippen LogP contribution in [0.3, 0.4) is 0 Å². The molecule has 0 saturated heterocycles. The van der Waals surface area contributed by atoms with Crippen molar-refractivity contribution in [2.75, 3.05) is 6.61 Å². The van der Waals surface area contributed by atoms with Gasteiger partial charge in [-0.2, -0.15) is 0 Å². The molecule has 0 atom stereocenters. The van der Waals surface area contributed by atoms with Crippen LogP contribution in [0.5, 0.6) is 0 Å². The molecule has 0 aromatic heterocycles. The van der Waals surface area contributed by atoms with Gasteiger partial charge in [0.1, 0.15) is 0 Å². The van der Waals surface area contributed by atoms with Gasteiger partial charge >= 0.3 is 147 Å². The zero-order valence-electron chi connectivity index (χ0n) is 12.6. The van der Waals surface area contributed by atoms with Gasteiger partial charge in [-0.05, 0) is 0 Å². The predicted molar refractivity (Wildman–Crippen MR) is 96.4 cm³/mol. The number of benzene rings is 3. The molecule has 0 unspecified atom stereocenters. The summed E-state index contributed by atoms with van der Waals surface area (Å²) in [5.41, 5.74) is 0.586. The first-order chi connectivity index (χ1) is 11.2. The number of hydrogen-bond donors (Lipinski definition) is 0. The van der Waals surface area contributed by atoms with Gasteiger partial charge in [0.25, 0.3) is 0 Å². The van der Waals surface area contributed by atoms with Crippen molar-refractivity contribution in [1.29, 1.82) is 0 Å². The van der Waals surface area contributed by atoms with E-state index in [9.17, 15) is 4.79 Å². The molecule has 0 saturated carbocycles. The van der Waals surface area contributed by atoms with Crippen molar-refractivity contribution in [1.82, 2.24) is 0 Å². The number of fused-ring (bicyclic) bond motifs is 1.